The molecule has 0 aromatic carbocycles. The van der Waals surface area contributed by atoms with E-state index in [1.165, 1.54) is 36.2 Å². The number of hydrogen-bond donors (Lipinski definition) is 1. The van der Waals surface area contributed by atoms with Crippen LogP contribution in [0.3, 0.4) is 0 Å². The molecule has 1 aromatic heterocycles. The topological polar surface area (TPSA) is 48.1 Å². The zero-order valence-electron chi connectivity index (χ0n) is 10.2. The molecule has 0 radical (unpaired) electrons. The fourth-order valence-corrected chi connectivity index (χ4v) is 2.79. The van der Waals surface area contributed by atoms with E-state index in [2.05, 4.69) is 12.1 Å². The molecule has 1 saturated heterocycles. The number of nitrogens with zero attached hydrogens (tertiary/aromatic N) is 1. The smallest absolute Gasteiger partial charge is 0.0560 e. The van der Waals surface area contributed by atoms with E-state index in [1.54, 1.807) is 0 Å². The van der Waals surface area contributed by atoms with Crippen molar-refractivity contribution < 1.29 is 4.74 Å². The Bertz CT molecular complexity index is 407. The SMILES string of the molecule is NCC1(Cc2ccc3c(n2)CCCC3)COC1. The molecule has 0 saturated carbocycles. The summed E-state index contributed by atoms with van der Waals surface area (Å²) in [5.41, 5.74) is 9.97. The highest BCUT2D eigenvalue weighted by Gasteiger charge is 2.37. The van der Waals surface area contributed by atoms with Crippen molar-refractivity contribution in [2.75, 3.05) is 19.8 Å². The first kappa shape index (κ1) is 11.2. The van der Waals surface area contributed by atoms with E-state index in [4.69, 9.17) is 15.5 Å². The summed E-state index contributed by atoms with van der Waals surface area (Å²) in [4.78, 5) is 4.82. The van der Waals surface area contributed by atoms with Crippen LogP contribution in [0.1, 0.15) is 29.8 Å². The molecule has 0 unspecified atom stereocenters. The van der Waals surface area contributed by atoms with Crippen molar-refractivity contribution in [1.82, 2.24) is 4.98 Å². The molecule has 2 heterocycles. The van der Waals surface area contributed by atoms with E-state index in [1.807, 2.05) is 0 Å². The molecule has 1 aliphatic carbocycles. The van der Waals surface area contributed by atoms with Crippen molar-refractivity contribution in [1.29, 1.82) is 0 Å². The van der Waals surface area contributed by atoms with Gasteiger partial charge in [0, 0.05) is 29.8 Å². The molecule has 2 aliphatic rings. The summed E-state index contributed by atoms with van der Waals surface area (Å²) < 4.78 is 5.31. The maximum absolute atomic E-state index is 5.85. The van der Waals surface area contributed by atoms with Crippen LogP contribution in [0.5, 0.6) is 0 Å². The van der Waals surface area contributed by atoms with Crippen LogP contribution in [0.4, 0.5) is 0 Å². The second kappa shape index (κ2) is 4.39. The first-order chi connectivity index (χ1) is 8.31. The molecule has 17 heavy (non-hydrogen) atoms. The van der Waals surface area contributed by atoms with E-state index in [0.29, 0.717) is 6.54 Å². The van der Waals surface area contributed by atoms with Gasteiger partial charge in [-0.15, -0.1) is 0 Å². The van der Waals surface area contributed by atoms with Gasteiger partial charge in [0.15, 0.2) is 0 Å². The van der Waals surface area contributed by atoms with Crippen LogP contribution in [-0.4, -0.2) is 24.7 Å². The molecule has 3 heteroatoms. The van der Waals surface area contributed by atoms with Crippen LogP contribution < -0.4 is 5.73 Å². The van der Waals surface area contributed by atoms with Crippen molar-refractivity contribution in [3.63, 3.8) is 0 Å². The Balaban J connectivity index is 1.79. The van der Waals surface area contributed by atoms with Gasteiger partial charge in [-0.05, 0) is 37.3 Å². The van der Waals surface area contributed by atoms with Crippen LogP contribution in [0.25, 0.3) is 0 Å². The van der Waals surface area contributed by atoms with Gasteiger partial charge in [-0.1, -0.05) is 6.07 Å². The Morgan fingerprint density at radius 2 is 2.06 bits per heavy atom. The Hall–Kier alpha value is -0.930. The van der Waals surface area contributed by atoms with Gasteiger partial charge >= 0.3 is 0 Å². The maximum Gasteiger partial charge on any atom is 0.0560 e. The van der Waals surface area contributed by atoms with E-state index in [-0.39, 0.29) is 5.41 Å². The minimum absolute atomic E-state index is 0.163. The standard InChI is InChI=1S/C14H20N2O/c15-8-14(9-17-10-14)7-12-6-5-11-3-1-2-4-13(11)16-12/h5-6H,1-4,7-10,15H2. The van der Waals surface area contributed by atoms with Crippen LogP contribution >= 0.6 is 0 Å². The van der Waals surface area contributed by atoms with Crippen molar-refractivity contribution in [3.05, 3.63) is 29.1 Å². The Labute approximate surface area is 102 Å². The third kappa shape index (κ3) is 2.09. The van der Waals surface area contributed by atoms with E-state index in [9.17, 15) is 0 Å². The minimum Gasteiger partial charge on any atom is -0.380 e. The molecule has 92 valence electrons. The first-order valence-corrected chi connectivity index (χ1v) is 6.57. The molecule has 1 fully saturated rings. The van der Waals surface area contributed by atoms with Gasteiger partial charge in [0.05, 0.1) is 13.2 Å². The van der Waals surface area contributed by atoms with Crippen molar-refractivity contribution in [2.45, 2.75) is 32.1 Å². The van der Waals surface area contributed by atoms with Crippen LogP contribution in [-0.2, 0) is 24.0 Å². The number of fused-ring (bicyclic) bond motifs is 1. The Morgan fingerprint density at radius 3 is 2.76 bits per heavy atom. The summed E-state index contributed by atoms with van der Waals surface area (Å²) in [6.45, 7) is 2.29. The monoisotopic (exact) mass is 232 g/mol. The molecular weight excluding hydrogens is 212 g/mol. The molecule has 3 nitrogen and oxygen atoms in total. The number of aromatic nitrogens is 1. The Morgan fingerprint density at radius 1 is 1.24 bits per heavy atom. The average Bonchev–Trinajstić information content (AvgIpc) is 2.34. The number of pyridine rings is 1. The lowest BCUT2D eigenvalue weighted by atomic mass is 9.81. The normalized spacial score (nSPS) is 21.7. The molecule has 2 N–H and O–H groups in total. The molecule has 3 rings (SSSR count). The summed E-state index contributed by atoms with van der Waals surface area (Å²) in [5, 5.41) is 0. The number of rotatable bonds is 3. The summed E-state index contributed by atoms with van der Waals surface area (Å²) in [6, 6.07) is 4.44. The van der Waals surface area contributed by atoms with Gasteiger partial charge < -0.3 is 10.5 Å². The van der Waals surface area contributed by atoms with Crippen LogP contribution in [0, 0.1) is 5.41 Å². The van der Waals surface area contributed by atoms with E-state index in [0.717, 1.165) is 26.1 Å². The van der Waals surface area contributed by atoms with Gasteiger partial charge in [0.2, 0.25) is 0 Å². The van der Waals surface area contributed by atoms with Gasteiger partial charge in [0.25, 0.3) is 0 Å². The molecule has 0 atom stereocenters. The summed E-state index contributed by atoms with van der Waals surface area (Å²) >= 11 is 0. The highest BCUT2D eigenvalue weighted by Crippen LogP contribution is 2.30. The molecule has 0 spiro atoms. The van der Waals surface area contributed by atoms with Gasteiger partial charge in [-0.25, -0.2) is 0 Å². The highest BCUT2D eigenvalue weighted by atomic mass is 16.5. The average molecular weight is 232 g/mol. The lowest BCUT2D eigenvalue weighted by Gasteiger charge is -2.40. The third-order valence-electron chi connectivity index (χ3n) is 4.04. The zero-order valence-corrected chi connectivity index (χ0v) is 10.2. The molecule has 1 aromatic rings. The second-order valence-electron chi connectivity index (χ2n) is 5.49. The number of hydrogen-bond acceptors (Lipinski definition) is 3. The van der Waals surface area contributed by atoms with Gasteiger partial charge in [0.1, 0.15) is 0 Å². The summed E-state index contributed by atoms with van der Waals surface area (Å²) in [7, 11) is 0. The molecule has 0 amide bonds. The predicted octanol–water partition coefficient (Wildman–Crippen LogP) is 1.48. The van der Waals surface area contributed by atoms with Crippen LogP contribution in [0.15, 0.2) is 12.1 Å². The fraction of sp³-hybridized carbons (Fsp3) is 0.643. The summed E-state index contributed by atoms with van der Waals surface area (Å²) in [5.74, 6) is 0. The number of ether oxygens (including phenoxy) is 1. The lowest BCUT2D eigenvalue weighted by Crippen LogP contribution is -2.50. The lowest BCUT2D eigenvalue weighted by molar-refractivity contribution is -0.106. The quantitative estimate of drug-likeness (QED) is 0.858. The first-order valence-electron chi connectivity index (χ1n) is 6.57. The van der Waals surface area contributed by atoms with Gasteiger partial charge in [-0.2, -0.15) is 0 Å². The maximum atomic E-state index is 5.85. The molecular formula is C14H20N2O. The zero-order chi connectivity index (χ0) is 11.7. The third-order valence-corrected chi connectivity index (χ3v) is 4.04. The molecule has 1 aliphatic heterocycles. The molecule has 0 bridgehead atoms. The minimum atomic E-state index is 0.163. The van der Waals surface area contributed by atoms with E-state index < -0.39 is 0 Å². The number of nitrogens with two attached hydrogens (primary N) is 1. The van der Waals surface area contributed by atoms with Crippen molar-refractivity contribution in [3.8, 4) is 0 Å². The van der Waals surface area contributed by atoms with Gasteiger partial charge in [-0.3, -0.25) is 4.98 Å². The second-order valence-corrected chi connectivity index (χ2v) is 5.49. The Kier molecular flexibility index (Phi) is 2.89. The highest BCUT2D eigenvalue weighted by molar-refractivity contribution is 5.26. The van der Waals surface area contributed by atoms with Crippen molar-refractivity contribution >= 4 is 0 Å². The predicted molar refractivity (Wildman–Crippen MR) is 66.9 cm³/mol. The fourth-order valence-electron chi connectivity index (χ4n) is 2.79. The van der Waals surface area contributed by atoms with Crippen LogP contribution in [0.2, 0.25) is 0 Å². The largest absolute Gasteiger partial charge is 0.380 e. The number of aryl methyl sites for hydroxylation is 2. The van der Waals surface area contributed by atoms with Crippen molar-refractivity contribution in [2.24, 2.45) is 11.1 Å². The summed E-state index contributed by atoms with van der Waals surface area (Å²) in [6.07, 6.45) is 5.92. The van der Waals surface area contributed by atoms with E-state index >= 15 is 0 Å².